The van der Waals surface area contributed by atoms with Crippen LogP contribution in [0.25, 0.3) is 11.2 Å². The van der Waals surface area contributed by atoms with Gasteiger partial charge < -0.3 is 14.9 Å². The standard InChI is InChI=1S/C18H15F2N5O6S/c19-10-3-1-9(11(20)5-10)2-4-12-14-17(23-7-22-12)25(8-24-14)18-16(27)15(26)13(31-18)6-30-32(21,28)29/h1,3,5,7-8,13,15-16,18,26-27H,6H2,(H2,21,28,29)/t13-,15-,16-,18-/m1/s1. The minimum atomic E-state index is -4.27. The summed E-state index contributed by atoms with van der Waals surface area (Å²) in [4.78, 5) is 12.2. The molecule has 168 valence electrons. The van der Waals surface area contributed by atoms with E-state index in [1.807, 2.05) is 0 Å². The second kappa shape index (κ2) is 8.47. The van der Waals surface area contributed by atoms with Crippen molar-refractivity contribution in [2.24, 2.45) is 5.14 Å². The van der Waals surface area contributed by atoms with Gasteiger partial charge in [0.25, 0.3) is 0 Å². The van der Waals surface area contributed by atoms with Gasteiger partial charge in [0.05, 0.1) is 18.5 Å². The third-order valence-electron chi connectivity index (χ3n) is 4.61. The molecule has 3 heterocycles. The Balaban J connectivity index is 1.63. The molecule has 3 aromatic rings. The number of fused-ring (bicyclic) bond motifs is 1. The molecule has 32 heavy (non-hydrogen) atoms. The molecular weight excluding hydrogens is 452 g/mol. The van der Waals surface area contributed by atoms with Gasteiger partial charge in [0.1, 0.15) is 47.5 Å². The average Bonchev–Trinajstić information content (AvgIpc) is 3.27. The fourth-order valence-corrected chi connectivity index (χ4v) is 3.43. The third-order valence-corrected chi connectivity index (χ3v) is 5.08. The van der Waals surface area contributed by atoms with E-state index in [0.29, 0.717) is 6.07 Å². The maximum atomic E-state index is 13.8. The van der Waals surface area contributed by atoms with Crippen molar-refractivity contribution in [3.8, 4) is 11.8 Å². The van der Waals surface area contributed by atoms with Crippen LogP contribution in [0.2, 0.25) is 0 Å². The molecule has 0 spiro atoms. The molecule has 0 aliphatic carbocycles. The SMILES string of the molecule is NS(=O)(=O)OC[C@H]1O[C@@H](n2cnc3c(C#Cc4ccc(F)cc4F)ncnc32)[C@H](O)[C@@H]1O. The molecule has 0 saturated carbocycles. The second-order valence-electron chi connectivity index (χ2n) is 6.74. The van der Waals surface area contributed by atoms with Crippen molar-refractivity contribution in [2.75, 3.05) is 6.61 Å². The van der Waals surface area contributed by atoms with Gasteiger partial charge in [-0.15, -0.1) is 0 Å². The predicted molar refractivity (Wildman–Crippen MR) is 103 cm³/mol. The summed E-state index contributed by atoms with van der Waals surface area (Å²) in [7, 11) is -4.27. The number of rotatable bonds is 4. The van der Waals surface area contributed by atoms with E-state index in [0.717, 1.165) is 12.4 Å². The zero-order chi connectivity index (χ0) is 23.0. The van der Waals surface area contributed by atoms with Crippen LogP contribution in [0.3, 0.4) is 0 Å². The Morgan fingerprint density at radius 2 is 1.97 bits per heavy atom. The highest BCUT2D eigenvalue weighted by atomic mass is 32.2. The lowest BCUT2D eigenvalue weighted by molar-refractivity contribution is -0.0467. The normalized spacial score (nSPS) is 23.3. The van der Waals surface area contributed by atoms with E-state index in [4.69, 9.17) is 9.88 Å². The van der Waals surface area contributed by atoms with Crippen LogP contribution in [0, 0.1) is 23.5 Å². The summed E-state index contributed by atoms with van der Waals surface area (Å²) in [6, 6.07) is 2.95. The molecule has 1 saturated heterocycles. The van der Waals surface area contributed by atoms with E-state index in [1.165, 1.54) is 17.0 Å². The number of hydrogen-bond donors (Lipinski definition) is 3. The molecule has 1 aliphatic heterocycles. The van der Waals surface area contributed by atoms with E-state index < -0.39 is 53.1 Å². The monoisotopic (exact) mass is 467 g/mol. The van der Waals surface area contributed by atoms with Crippen LogP contribution in [-0.4, -0.2) is 63.1 Å². The summed E-state index contributed by atoms with van der Waals surface area (Å²) in [6.45, 7) is -0.616. The van der Waals surface area contributed by atoms with Gasteiger partial charge in [-0.05, 0) is 18.1 Å². The lowest BCUT2D eigenvalue weighted by atomic mass is 10.1. The van der Waals surface area contributed by atoms with E-state index in [9.17, 15) is 27.4 Å². The minimum absolute atomic E-state index is 0.0482. The van der Waals surface area contributed by atoms with Gasteiger partial charge in [-0.1, -0.05) is 5.92 Å². The summed E-state index contributed by atoms with van der Waals surface area (Å²) in [6.07, 6.45) is -2.93. The number of ether oxygens (including phenoxy) is 1. The fourth-order valence-electron chi connectivity index (χ4n) is 3.11. The molecule has 1 aliphatic rings. The number of aromatic nitrogens is 4. The zero-order valence-corrected chi connectivity index (χ0v) is 16.8. The van der Waals surface area contributed by atoms with Crippen LogP contribution in [0.1, 0.15) is 17.5 Å². The Hall–Kier alpha value is -3.06. The van der Waals surface area contributed by atoms with E-state index >= 15 is 0 Å². The van der Waals surface area contributed by atoms with Gasteiger partial charge in [0.15, 0.2) is 11.9 Å². The van der Waals surface area contributed by atoms with Gasteiger partial charge in [-0.3, -0.25) is 8.75 Å². The van der Waals surface area contributed by atoms with Crippen LogP contribution in [-0.2, 0) is 19.2 Å². The molecule has 1 fully saturated rings. The number of nitrogens with two attached hydrogens (primary N) is 1. The summed E-state index contributed by atoms with van der Waals surface area (Å²) in [5.41, 5.74) is 0.442. The van der Waals surface area contributed by atoms with Crippen molar-refractivity contribution >= 4 is 21.5 Å². The van der Waals surface area contributed by atoms with E-state index in [2.05, 4.69) is 31.0 Å². The summed E-state index contributed by atoms with van der Waals surface area (Å²) in [5, 5.41) is 25.3. The van der Waals surface area contributed by atoms with Crippen molar-refractivity contribution in [3.63, 3.8) is 0 Å². The first-order valence-electron chi connectivity index (χ1n) is 8.97. The average molecular weight is 467 g/mol. The molecule has 1 aromatic carbocycles. The quantitative estimate of drug-likeness (QED) is 0.423. The largest absolute Gasteiger partial charge is 0.387 e. The highest BCUT2D eigenvalue weighted by Crippen LogP contribution is 2.31. The molecule has 4 atom stereocenters. The molecule has 0 radical (unpaired) electrons. The van der Waals surface area contributed by atoms with Gasteiger partial charge in [0.2, 0.25) is 0 Å². The van der Waals surface area contributed by atoms with E-state index in [-0.39, 0.29) is 22.4 Å². The summed E-state index contributed by atoms with van der Waals surface area (Å²) < 4.78 is 60.0. The molecule has 0 bridgehead atoms. The van der Waals surface area contributed by atoms with Crippen LogP contribution in [0.5, 0.6) is 0 Å². The molecule has 4 N–H and O–H groups in total. The van der Waals surface area contributed by atoms with Crippen molar-refractivity contribution < 1.29 is 36.3 Å². The van der Waals surface area contributed by atoms with E-state index in [1.54, 1.807) is 0 Å². The van der Waals surface area contributed by atoms with Gasteiger partial charge in [0, 0.05) is 6.07 Å². The number of imidazole rings is 1. The number of nitrogens with zero attached hydrogens (tertiary/aromatic N) is 4. The zero-order valence-electron chi connectivity index (χ0n) is 16.0. The minimum Gasteiger partial charge on any atom is -0.387 e. The van der Waals surface area contributed by atoms with Gasteiger partial charge in [-0.2, -0.15) is 8.42 Å². The second-order valence-corrected chi connectivity index (χ2v) is 7.97. The number of halogens is 2. The highest BCUT2D eigenvalue weighted by molar-refractivity contribution is 7.84. The molecule has 11 nitrogen and oxygen atoms in total. The van der Waals surface area contributed by atoms with Crippen LogP contribution in [0.15, 0.2) is 30.9 Å². The van der Waals surface area contributed by atoms with Crippen LogP contribution >= 0.6 is 0 Å². The summed E-state index contributed by atoms with van der Waals surface area (Å²) in [5.74, 6) is 3.61. The van der Waals surface area contributed by atoms with Crippen molar-refractivity contribution in [1.82, 2.24) is 19.5 Å². The number of aliphatic hydroxyl groups excluding tert-OH is 2. The molecule has 2 aromatic heterocycles. The van der Waals surface area contributed by atoms with Crippen LogP contribution < -0.4 is 5.14 Å². The van der Waals surface area contributed by atoms with Gasteiger partial charge in [-0.25, -0.2) is 28.9 Å². The molecule has 0 unspecified atom stereocenters. The van der Waals surface area contributed by atoms with Crippen molar-refractivity contribution in [3.05, 3.63) is 53.7 Å². The molecule has 4 rings (SSSR count). The third kappa shape index (κ3) is 4.43. The molecule has 0 amide bonds. The first-order valence-corrected chi connectivity index (χ1v) is 10.4. The number of aliphatic hydroxyl groups is 2. The number of benzene rings is 1. The first-order chi connectivity index (χ1) is 15.1. The Morgan fingerprint density at radius 1 is 1.19 bits per heavy atom. The topological polar surface area (TPSA) is 163 Å². The lowest BCUT2D eigenvalue weighted by Crippen LogP contribution is -2.35. The maximum Gasteiger partial charge on any atom is 0.333 e. The Labute approximate surface area is 179 Å². The lowest BCUT2D eigenvalue weighted by Gasteiger charge is -2.16. The predicted octanol–water partition coefficient (Wildman–Crippen LogP) is -0.656. The smallest absolute Gasteiger partial charge is 0.333 e. The summed E-state index contributed by atoms with van der Waals surface area (Å²) >= 11 is 0. The first kappa shape index (κ1) is 22.1. The Bertz CT molecular complexity index is 1340. The van der Waals surface area contributed by atoms with Crippen LogP contribution in [0.4, 0.5) is 8.78 Å². The van der Waals surface area contributed by atoms with Gasteiger partial charge >= 0.3 is 10.3 Å². The van der Waals surface area contributed by atoms with Crippen molar-refractivity contribution in [1.29, 1.82) is 0 Å². The maximum absolute atomic E-state index is 13.8. The highest BCUT2D eigenvalue weighted by Gasteiger charge is 2.44. The number of hydrogen-bond acceptors (Lipinski definition) is 9. The van der Waals surface area contributed by atoms with Crippen molar-refractivity contribution in [2.45, 2.75) is 24.5 Å². The Morgan fingerprint density at radius 3 is 2.69 bits per heavy atom. The Kier molecular flexibility index (Phi) is 5.86. The molecule has 14 heteroatoms. The fraction of sp³-hybridized carbons (Fsp3) is 0.278. The molecular formula is C18H15F2N5O6S.